The fourth-order valence-corrected chi connectivity index (χ4v) is 2.92. The number of rotatable bonds is 4. The lowest BCUT2D eigenvalue weighted by molar-refractivity contribution is 0.726. The molecular formula is C18H21N3. The molecule has 108 valence electrons. The number of nitrogens with two attached hydrogens (primary N) is 1. The van der Waals surface area contributed by atoms with E-state index in [1.165, 1.54) is 16.6 Å². The molecule has 2 aromatic carbocycles. The SMILES string of the molecule is CCn1c(Cc2ccccc2C(C)N)nc2ccccc21. The minimum atomic E-state index is 0.0423. The van der Waals surface area contributed by atoms with Gasteiger partial charge in [0.05, 0.1) is 11.0 Å². The van der Waals surface area contributed by atoms with Gasteiger partial charge in [-0.1, -0.05) is 36.4 Å². The van der Waals surface area contributed by atoms with Crippen molar-refractivity contribution in [1.82, 2.24) is 9.55 Å². The van der Waals surface area contributed by atoms with Crippen LogP contribution >= 0.6 is 0 Å². The molecule has 21 heavy (non-hydrogen) atoms. The second kappa shape index (κ2) is 5.70. The molecule has 0 spiro atoms. The Morgan fingerprint density at radius 1 is 1.10 bits per heavy atom. The highest BCUT2D eigenvalue weighted by molar-refractivity contribution is 5.76. The Balaban J connectivity index is 2.06. The summed E-state index contributed by atoms with van der Waals surface area (Å²) in [6.45, 7) is 5.12. The van der Waals surface area contributed by atoms with Crippen LogP contribution in [0.2, 0.25) is 0 Å². The highest BCUT2D eigenvalue weighted by Crippen LogP contribution is 2.22. The smallest absolute Gasteiger partial charge is 0.114 e. The maximum absolute atomic E-state index is 6.09. The Hall–Kier alpha value is -2.13. The number of imidazole rings is 1. The number of aryl methyl sites for hydroxylation is 1. The van der Waals surface area contributed by atoms with Gasteiger partial charge >= 0.3 is 0 Å². The molecule has 0 radical (unpaired) electrons. The molecular weight excluding hydrogens is 258 g/mol. The van der Waals surface area contributed by atoms with Crippen molar-refractivity contribution in [2.24, 2.45) is 5.73 Å². The summed E-state index contributed by atoms with van der Waals surface area (Å²) in [5.74, 6) is 1.10. The molecule has 0 fully saturated rings. The van der Waals surface area contributed by atoms with E-state index in [0.29, 0.717) is 0 Å². The number of hydrogen-bond acceptors (Lipinski definition) is 2. The van der Waals surface area contributed by atoms with Crippen molar-refractivity contribution >= 4 is 11.0 Å². The average Bonchev–Trinajstić information content (AvgIpc) is 2.84. The predicted octanol–water partition coefficient (Wildman–Crippen LogP) is 3.67. The maximum Gasteiger partial charge on any atom is 0.114 e. The van der Waals surface area contributed by atoms with E-state index in [0.717, 1.165) is 24.3 Å². The van der Waals surface area contributed by atoms with Crippen molar-refractivity contribution in [2.45, 2.75) is 32.9 Å². The Morgan fingerprint density at radius 2 is 1.81 bits per heavy atom. The molecule has 3 nitrogen and oxygen atoms in total. The number of fused-ring (bicyclic) bond motifs is 1. The van der Waals surface area contributed by atoms with Crippen LogP contribution in [0, 0.1) is 0 Å². The Kier molecular flexibility index (Phi) is 3.76. The van der Waals surface area contributed by atoms with Crippen molar-refractivity contribution in [2.75, 3.05) is 0 Å². The first-order valence-electron chi connectivity index (χ1n) is 7.48. The molecule has 1 heterocycles. The molecule has 0 saturated carbocycles. The summed E-state index contributed by atoms with van der Waals surface area (Å²) in [4.78, 5) is 4.80. The zero-order valence-corrected chi connectivity index (χ0v) is 12.6. The number of benzene rings is 2. The molecule has 3 aromatic rings. The Labute approximate surface area is 125 Å². The minimum absolute atomic E-state index is 0.0423. The quantitative estimate of drug-likeness (QED) is 0.792. The molecule has 0 saturated heterocycles. The lowest BCUT2D eigenvalue weighted by atomic mass is 9.99. The van der Waals surface area contributed by atoms with Crippen molar-refractivity contribution in [1.29, 1.82) is 0 Å². The van der Waals surface area contributed by atoms with E-state index in [1.807, 2.05) is 19.1 Å². The average molecular weight is 279 g/mol. The first kappa shape index (κ1) is 13.8. The molecule has 3 heteroatoms. The number of para-hydroxylation sites is 2. The highest BCUT2D eigenvalue weighted by Gasteiger charge is 2.12. The lowest BCUT2D eigenvalue weighted by Crippen LogP contribution is -2.10. The topological polar surface area (TPSA) is 43.8 Å². The van der Waals surface area contributed by atoms with Gasteiger partial charge in [-0.15, -0.1) is 0 Å². The molecule has 3 rings (SSSR count). The fourth-order valence-electron chi connectivity index (χ4n) is 2.92. The molecule has 2 N–H and O–H groups in total. The molecule has 0 aliphatic heterocycles. The van der Waals surface area contributed by atoms with Crippen LogP contribution in [0.25, 0.3) is 11.0 Å². The van der Waals surface area contributed by atoms with Gasteiger partial charge in [-0.3, -0.25) is 0 Å². The van der Waals surface area contributed by atoms with Crippen molar-refractivity contribution in [3.8, 4) is 0 Å². The second-order valence-electron chi connectivity index (χ2n) is 5.43. The molecule has 0 aliphatic carbocycles. The van der Waals surface area contributed by atoms with Gasteiger partial charge in [-0.25, -0.2) is 4.98 Å². The summed E-state index contributed by atoms with van der Waals surface area (Å²) in [5, 5.41) is 0. The number of hydrogen-bond donors (Lipinski definition) is 1. The molecule has 1 atom stereocenters. The second-order valence-corrected chi connectivity index (χ2v) is 5.43. The molecule has 0 amide bonds. The first-order valence-corrected chi connectivity index (χ1v) is 7.48. The van der Waals surface area contributed by atoms with E-state index in [9.17, 15) is 0 Å². The van der Waals surface area contributed by atoms with Gasteiger partial charge in [0.2, 0.25) is 0 Å². The van der Waals surface area contributed by atoms with Crippen LogP contribution in [0.3, 0.4) is 0 Å². The van der Waals surface area contributed by atoms with Crippen LogP contribution in [0.15, 0.2) is 48.5 Å². The summed E-state index contributed by atoms with van der Waals surface area (Å²) in [7, 11) is 0. The van der Waals surface area contributed by atoms with E-state index < -0.39 is 0 Å². The van der Waals surface area contributed by atoms with Gasteiger partial charge in [-0.2, -0.15) is 0 Å². The van der Waals surface area contributed by atoms with Crippen LogP contribution in [0.1, 0.15) is 36.8 Å². The molecule has 0 bridgehead atoms. The predicted molar refractivity (Wildman–Crippen MR) is 87.3 cm³/mol. The van der Waals surface area contributed by atoms with E-state index in [-0.39, 0.29) is 6.04 Å². The summed E-state index contributed by atoms with van der Waals surface area (Å²) in [5.41, 5.74) is 10.8. The van der Waals surface area contributed by atoms with Gasteiger partial charge in [0.25, 0.3) is 0 Å². The van der Waals surface area contributed by atoms with Crippen LogP contribution < -0.4 is 5.73 Å². The van der Waals surface area contributed by atoms with Crippen LogP contribution in [0.5, 0.6) is 0 Å². The number of nitrogens with zero attached hydrogens (tertiary/aromatic N) is 2. The largest absolute Gasteiger partial charge is 0.328 e. The van der Waals surface area contributed by atoms with Crippen LogP contribution in [-0.4, -0.2) is 9.55 Å². The molecule has 1 unspecified atom stereocenters. The monoisotopic (exact) mass is 279 g/mol. The van der Waals surface area contributed by atoms with E-state index in [1.54, 1.807) is 0 Å². The van der Waals surface area contributed by atoms with Crippen LogP contribution in [-0.2, 0) is 13.0 Å². The lowest BCUT2D eigenvalue weighted by Gasteiger charge is -2.13. The Bertz CT molecular complexity index is 756. The van der Waals surface area contributed by atoms with Gasteiger partial charge in [-0.05, 0) is 37.1 Å². The zero-order chi connectivity index (χ0) is 14.8. The molecule has 1 aromatic heterocycles. The fraction of sp³-hybridized carbons (Fsp3) is 0.278. The van der Waals surface area contributed by atoms with E-state index in [4.69, 9.17) is 10.7 Å². The van der Waals surface area contributed by atoms with Crippen molar-refractivity contribution in [3.05, 3.63) is 65.5 Å². The highest BCUT2D eigenvalue weighted by atomic mass is 15.1. The maximum atomic E-state index is 6.09. The third-order valence-electron chi connectivity index (χ3n) is 3.94. The van der Waals surface area contributed by atoms with Crippen molar-refractivity contribution < 1.29 is 0 Å². The van der Waals surface area contributed by atoms with Gasteiger partial charge in [0, 0.05) is 19.0 Å². The minimum Gasteiger partial charge on any atom is -0.328 e. The third kappa shape index (κ3) is 2.57. The van der Waals surface area contributed by atoms with Gasteiger partial charge in [0.15, 0.2) is 0 Å². The van der Waals surface area contributed by atoms with Gasteiger partial charge in [0.1, 0.15) is 5.82 Å². The van der Waals surface area contributed by atoms with Gasteiger partial charge < -0.3 is 10.3 Å². The summed E-state index contributed by atoms with van der Waals surface area (Å²) in [6, 6.07) is 16.7. The van der Waals surface area contributed by atoms with E-state index >= 15 is 0 Å². The third-order valence-corrected chi connectivity index (χ3v) is 3.94. The van der Waals surface area contributed by atoms with Crippen molar-refractivity contribution in [3.63, 3.8) is 0 Å². The zero-order valence-electron chi connectivity index (χ0n) is 12.6. The number of aromatic nitrogens is 2. The van der Waals surface area contributed by atoms with E-state index in [2.05, 4.69) is 47.9 Å². The first-order chi connectivity index (χ1) is 10.2. The normalized spacial score (nSPS) is 12.7. The summed E-state index contributed by atoms with van der Waals surface area (Å²) >= 11 is 0. The molecule has 0 aliphatic rings. The Morgan fingerprint density at radius 3 is 2.57 bits per heavy atom. The summed E-state index contributed by atoms with van der Waals surface area (Å²) < 4.78 is 2.29. The standard InChI is InChI=1S/C18H21N3/c1-3-21-17-11-7-6-10-16(17)20-18(21)12-14-8-4-5-9-15(14)13(2)19/h4-11,13H,3,12,19H2,1-2H3. The summed E-state index contributed by atoms with van der Waals surface area (Å²) in [6.07, 6.45) is 0.820. The van der Waals surface area contributed by atoms with Crippen LogP contribution in [0.4, 0.5) is 0 Å².